The van der Waals surface area contributed by atoms with Gasteiger partial charge < -0.3 is 4.74 Å². The summed E-state index contributed by atoms with van der Waals surface area (Å²) in [4.78, 5) is 27.1. The minimum Gasteiger partial charge on any atom is -0.458 e. The van der Waals surface area contributed by atoms with Crippen LogP contribution < -0.4 is 0 Å². The molecule has 33 heavy (non-hydrogen) atoms. The number of cyclic esters (lactones) is 1. The summed E-state index contributed by atoms with van der Waals surface area (Å²) in [6.07, 6.45) is 4.39. The zero-order chi connectivity index (χ0) is 23.1. The SMILES string of the molecule is CCCC1(CCCc2ccccc2)CC(=O)C(C(c2ccccc2)c2ccccc2)C(=O)O1. The van der Waals surface area contributed by atoms with Crippen LogP contribution in [-0.4, -0.2) is 17.4 Å². The molecule has 170 valence electrons. The molecule has 0 saturated carbocycles. The van der Waals surface area contributed by atoms with Crippen molar-refractivity contribution in [3.63, 3.8) is 0 Å². The van der Waals surface area contributed by atoms with Crippen LogP contribution in [0.5, 0.6) is 0 Å². The molecular weight excluding hydrogens is 408 g/mol. The first-order valence-electron chi connectivity index (χ1n) is 12.0. The predicted molar refractivity (Wildman–Crippen MR) is 131 cm³/mol. The normalized spacial score (nSPS) is 20.6. The second kappa shape index (κ2) is 10.6. The number of ketones is 1. The fourth-order valence-corrected chi connectivity index (χ4v) is 5.21. The molecule has 0 spiro atoms. The first kappa shape index (κ1) is 23.0. The molecular formula is C30H32O3. The second-order valence-corrected chi connectivity index (χ2v) is 9.11. The van der Waals surface area contributed by atoms with Crippen LogP contribution in [-0.2, 0) is 20.7 Å². The Hall–Kier alpha value is -3.20. The Balaban J connectivity index is 1.57. The van der Waals surface area contributed by atoms with Crippen LogP contribution in [0.1, 0.15) is 61.6 Å². The van der Waals surface area contributed by atoms with Gasteiger partial charge in [-0.15, -0.1) is 0 Å². The number of hydrogen-bond donors (Lipinski definition) is 0. The lowest BCUT2D eigenvalue weighted by molar-refractivity contribution is -0.180. The monoisotopic (exact) mass is 440 g/mol. The van der Waals surface area contributed by atoms with Crippen molar-refractivity contribution in [2.24, 2.45) is 5.92 Å². The molecule has 1 fully saturated rings. The van der Waals surface area contributed by atoms with Crippen molar-refractivity contribution < 1.29 is 14.3 Å². The number of hydrogen-bond acceptors (Lipinski definition) is 3. The van der Waals surface area contributed by atoms with Gasteiger partial charge in [0, 0.05) is 12.3 Å². The summed E-state index contributed by atoms with van der Waals surface area (Å²) in [7, 11) is 0. The van der Waals surface area contributed by atoms with Crippen LogP contribution in [0.2, 0.25) is 0 Å². The van der Waals surface area contributed by atoms with Gasteiger partial charge in [0.2, 0.25) is 0 Å². The number of Topliss-reactive ketones (excluding diaryl/α,β-unsaturated/α-hetero) is 1. The first-order chi connectivity index (χ1) is 16.1. The molecule has 1 aliphatic rings. The molecule has 0 aromatic heterocycles. The van der Waals surface area contributed by atoms with E-state index in [1.165, 1.54) is 5.56 Å². The van der Waals surface area contributed by atoms with Gasteiger partial charge in [-0.2, -0.15) is 0 Å². The Labute approximate surface area is 196 Å². The molecule has 1 heterocycles. The number of aryl methyl sites for hydroxylation is 1. The fourth-order valence-electron chi connectivity index (χ4n) is 5.21. The molecule has 0 amide bonds. The summed E-state index contributed by atoms with van der Waals surface area (Å²) < 4.78 is 6.20. The summed E-state index contributed by atoms with van der Waals surface area (Å²) in [5.41, 5.74) is 2.51. The van der Waals surface area contributed by atoms with Crippen molar-refractivity contribution in [1.29, 1.82) is 0 Å². The van der Waals surface area contributed by atoms with Crippen LogP contribution in [0, 0.1) is 5.92 Å². The molecule has 2 unspecified atom stereocenters. The molecule has 0 bridgehead atoms. The van der Waals surface area contributed by atoms with Gasteiger partial charge in [0.05, 0.1) is 0 Å². The Morgan fingerprint density at radius 2 is 1.36 bits per heavy atom. The Kier molecular flexibility index (Phi) is 7.39. The summed E-state index contributed by atoms with van der Waals surface area (Å²) in [5, 5.41) is 0. The summed E-state index contributed by atoms with van der Waals surface area (Å²) in [6.45, 7) is 2.08. The lowest BCUT2D eigenvalue weighted by Crippen LogP contribution is -2.49. The third kappa shape index (κ3) is 5.42. The Bertz CT molecular complexity index is 986. The van der Waals surface area contributed by atoms with E-state index in [9.17, 15) is 9.59 Å². The number of benzene rings is 3. The molecule has 4 rings (SSSR count). The Morgan fingerprint density at radius 3 is 1.88 bits per heavy atom. The quantitative estimate of drug-likeness (QED) is 0.281. The molecule has 1 aliphatic heterocycles. The molecule has 0 aliphatic carbocycles. The van der Waals surface area contributed by atoms with E-state index in [0.717, 1.165) is 30.4 Å². The van der Waals surface area contributed by atoms with E-state index in [-0.39, 0.29) is 17.7 Å². The maximum absolute atomic E-state index is 13.6. The average molecular weight is 441 g/mol. The number of rotatable bonds is 9. The van der Waals surface area contributed by atoms with Gasteiger partial charge in [-0.05, 0) is 42.4 Å². The summed E-state index contributed by atoms with van der Waals surface area (Å²) in [6, 6.07) is 30.0. The third-order valence-corrected chi connectivity index (χ3v) is 6.71. The number of esters is 1. The molecule has 3 aromatic carbocycles. The van der Waals surface area contributed by atoms with Crippen LogP contribution in [0.3, 0.4) is 0 Å². The van der Waals surface area contributed by atoms with E-state index in [2.05, 4.69) is 19.1 Å². The average Bonchev–Trinajstić information content (AvgIpc) is 2.83. The summed E-state index contributed by atoms with van der Waals surface area (Å²) >= 11 is 0. The molecule has 3 nitrogen and oxygen atoms in total. The van der Waals surface area contributed by atoms with Gasteiger partial charge >= 0.3 is 5.97 Å². The van der Waals surface area contributed by atoms with Gasteiger partial charge in [0.1, 0.15) is 11.5 Å². The first-order valence-corrected chi connectivity index (χ1v) is 12.0. The van der Waals surface area contributed by atoms with Gasteiger partial charge in [-0.25, -0.2) is 0 Å². The van der Waals surface area contributed by atoms with Crippen molar-refractivity contribution in [3.05, 3.63) is 108 Å². The van der Waals surface area contributed by atoms with E-state index in [1.54, 1.807) is 0 Å². The lowest BCUT2D eigenvalue weighted by atomic mass is 9.73. The van der Waals surface area contributed by atoms with Crippen LogP contribution in [0.15, 0.2) is 91.0 Å². The topological polar surface area (TPSA) is 43.4 Å². The molecule has 1 saturated heterocycles. The maximum Gasteiger partial charge on any atom is 0.318 e. The van der Waals surface area contributed by atoms with Crippen LogP contribution in [0.4, 0.5) is 0 Å². The maximum atomic E-state index is 13.6. The van der Waals surface area contributed by atoms with E-state index in [0.29, 0.717) is 19.3 Å². The predicted octanol–water partition coefficient (Wildman–Crippen LogP) is 6.51. The standard InChI is InChI=1S/C30H32O3/c1-2-20-30(21-12-15-23-13-6-3-7-14-23)22-26(31)28(29(32)33-30)27(24-16-8-4-9-17-24)25-18-10-5-11-19-25/h3-11,13-14,16-19,27-28H,2,12,15,20-22H2,1H3. The highest BCUT2D eigenvalue weighted by Crippen LogP contribution is 2.42. The third-order valence-electron chi connectivity index (χ3n) is 6.71. The van der Waals surface area contributed by atoms with Crippen LogP contribution in [0.25, 0.3) is 0 Å². The van der Waals surface area contributed by atoms with Crippen molar-refractivity contribution in [2.75, 3.05) is 0 Å². The smallest absolute Gasteiger partial charge is 0.318 e. The molecule has 0 radical (unpaired) electrons. The largest absolute Gasteiger partial charge is 0.458 e. The fraction of sp³-hybridized carbons (Fsp3) is 0.333. The number of carbonyl (C=O) groups excluding carboxylic acids is 2. The van der Waals surface area contributed by atoms with Crippen LogP contribution >= 0.6 is 0 Å². The van der Waals surface area contributed by atoms with Crippen molar-refractivity contribution >= 4 is 11.8 Å². The number of ether oxygens (including phenoxy) is 1. The van der Waals surface area contributed by atoms with Gasteiger partial charge in [-0.3, -0.25) is 9.59 Å². The molecule has 3 aromatic rings. The van der Waals surface area contributed by atoms with E-state index in [1.807, 2.05) is 78.9 Å². The second-order valence-electron chi connectivity index (χ2n) is 9.11. The van der Waals surface area contributed by atoms with Crippen molar-refractivity contribution in [2.45, 2.75) is 57.0 Å². The molecule has 0 N–H and O–H groups in total. The minimum atomic E-state index is -0.811. The highest BCUT2D eigenvalue weighted by atomic mass is 16.6. The highest BCUT2D eigenvalue weighted by molar-refractivity contribution is 6.03. The van der Waals surface area contributed by atoms with Gasteiger partial charge in [0.15, 0.2) is 5.78 Å². The molecule has 2 atom stereocenters. The van der Waals surface area contributed by atoms with Crippen molar-refractivity contribution in [1.82, 2.24) is 0 Å². The highest BCUT2D eigenvalue weighted by Gasteiger charge is 2.49. The van der Waals surface area contributed by atoms with E-state index >= 15 is 0 Å². The number of carbonyl (C=O) groups is 2. The van der Waals surface area contributed by atoms with Gasteiger partial charge in [0.25, 0.3) is 0 Å². The lowest BCUT2D eigenvalue weighted by Gasteiger charge is -2.41. The summed E-state index contributed by atoms with van der Waals surface area (Å²) in [5.74, 6) is -1.53. The van der Waals surface area contributed by atoms with Crippen molar-refractivity contribution in [3.8, 4) is 0 Å². The van der Waals surface area contributed by atoms with E-state index < -0.39 is 11.5 Å². The molecule has 3 heteroatoms. The van der Waals surface area contributed by atoms with E-state index in [4.69, 9.17) is 4.74 Å². The van der Waals surface area contributed by atoms with Gasteiger partial charge in [-0.1, -0.05) is 104 Å². The zero-order valence-electron chi connectivity index (χ0n) is 19.3. The zero-order valence-corrected chi connectivity index (χ0v) is 19.3. The minimum absolute atomic E-state index is 0.00267. The Morgan fingerprint density at radius 1 is 0.818 bits per heavy atom.